The average Bonchev–Trinajstić information content (AvgIpc) is 2.44. The van der Waals surface area contributed by atoms with Crippen molar-refractivity contribution in [3.8, 4) is 0 Å². The molecule has 5 heteroatoms. The van der Waals surface area contributed by atoms with Gasteiger partial charge in [0.2, 0.25) is 0 Å². The standard InChI is InChI=1S/C15H25N3O.HI/c1-5-13-8-6-7-9-14(13)10-17-15(16-3)18-12(2)11-19-4;/h6-9,12H,5,10-11H2,1-4H3,(H2,16,17,18);1H. The van der Waals surface area contributed by atoms with E-state index in [2.05, 4.69) is 53.7 Å². The van der Waals surface area contributed by atoms with E-state index >= 15 is 0 Å². The van der Waals surface area contributed by atoms with E-state index < -0.39 is 0 Å². The lowest BCUT2D eigenvalue weighted by molar-refractivity contribution is 0.179. The van der Waals surface area contributed by atoms with Crippen molar-refractivity contribution in [3.05, 3.63) is 35.4 Å². The first-order valence-electron chi connectivity index (χ1n) is 6.74. The molecule has 0 fully saturated rings. The minimum Gasteiger partial charge on any atom is -0.383 e. The van der Waals surface area contributed by atoms with Gasteiger partial charge in [0.25, 0.3) is 0 Å². The Balaban J connectivity index is 0.00000361. The van der Waals surface area contributed by atoms with Crippen LogP contribution in [0.15, 0.2) is 29.3 Å². The van der Waals surface area contributed by atoms with Crippen LogP contribution in [0.25, 0.3) is 0 Å². The quantitative estimate of drug-likeness (QED) is 0.445. The molecule has 0 spiro atoms. The largest absolute Gasteiger partial charge is 0.383 e. The second kappa shape index (κ2) is 10.9. The zero-order valence-electron chi connectivity index (χ0n) is 12.8. The molecule has 0 aromatic heterocycles. The number of hydrogen-bond acceptors (Lipinski definition) is 2. The third kappa shape index (κ3) is 6.56. The minimum absolute atomic E-state index is 0. The van der Waals surface area contributed by atoms with E-state index in [1.165, 1.54) is 11.1 Å². The number of halogens is 1. The fourth-order valence-corrected chi connectivity index (χ4v) is 1.97. The summed E-state index contributed by atoms with van der Waals surface area (Å²) in [5.41, 5.74) is 2.68. The van der Waals surface area contributed by atoms with Crippen molar-refractivity contribution in [2.24, 2.45) is 4.99 Å². The summed E-state index contributed by atoms with van der Waals surface area (Å²) in [5.74, 6) is 0.801. The normalized spacial score (nSPS) is 12.5. The second-order valence-electron chi connectivity index (χ2n) is 4.55. The van der Waals surface area contributed by atoms with Crippen molar-refractivity contribution in [2.45, 2.75) is 32.9 Å². The second-order valence-corrected chi connectivity index (χ2v) is 4.55. The number of rotatable bonds is 6. The summed E-state index contributed by atoms with van der Waals surface area (Å²) in [6.07, 6.45) is 1.05. The van der Waals surface area contributed by atoms with E-state index in [1.807, 2.05) is 0 Å². The number of nitrogens with one attached hydrogen (secondary N) is 2. The number of aliphatic imine (C=N–C) groups is 1. The first kappa shape index (κ1) is 19.2. The van der Waals surface area contributed by atoms with Crippen LogP contribution in [-0.4, -0.2) is 32.8 Å². The van der Waals surface area contributed by atoms with Crippen molar-refractivity contribution < 1.29 is 4.74 Å². The summed E-state index contributed by atoms with van der Waals surface area (Å²) in [7, 11) is 3.48. The lowest BCUT2D eigenvalue weighted by atomic mass is 10.1. The lowest BCUT2D eigenvalue weighted by Gasteiger charge is -2.18. The summed E-state index contributed by atoms with van der Waals surface area (Å²) >= 11 is 0. The highest BCUT2D eigenvalue weighted by atomic mass is 127. The molecule has 0 saturated carbocycles. The first-order valence-corrected chi connectivity index (χ1v) is 6.74. The first-order chi connectivity index (χ1) is 9.21. The maximum absolute atomic E-state index is 5.10. The van der Waals surface area contributed by atoms with E-state index in [0.29, 0.717) is 6.61 Å². The molecule has 1 unspecified atom stereocenters. The number of guanidine groups is 1. The molecule has 0 amide bonds. The number of benzene rings is 1. The monoisotopic (exact) mass is 391 g/mol. The molecule has 20 heavy (non-hydrogen) atoms. The van der Waals surface area contributed by atoms with E-state index in [-0.39, 0.29) is 30.0 Å². The molecule has 114 valence electrons. The smallest absolute Gasteiger partial charge is 0.191 e. The van der Waals surface area contributed by atoms with Crippen LogP contribution in [-0.2, 0) is 17.7 Å². The summed E-state index contributed by atoms with van der Waals surface area (Å²) in [5, 5.41) is 6.62. The highest BCUT2D eigenvalue weighted by Crippen LogP contribution is 2.08. The van der Waals surface area contributed by atoms with Gasteiger partial charge >= 0.3 is 0 Å². The highest BCUT2D eigenvalue weighted by Gasteiger charge is 2.05. The molecule has 2 N–H and O–H groups in total. The Morgan fingerprint density at radius 2 is 1.95 bits per heavy atom. The Morgan fingerprint density at radius 3 is 2.50 bits per heavy atom. The van der Waals surface area contributed by atoms with Crippen LogP contribution >= 0.6 is 24.0 Å². The molecule has 1 aromatic rings. The molecule has 1 aromatic carbocycles. The van der Waals surface area contributed by atoms with E-state index in [1.54, 1.807) is 14.2 Å². The fourth-order valence-electron chi connectivity index (χ4n) is 1.97. The molecule has 4 nitrogen and oxygen atoms in total. The summed E-state index contributed by atoms with van der Waals surface area (Å²) < 4.78 is 5.10. The van der Waals surface area contributed by atoms with Crippen LogP contribution in [0.3, 0.4) is 0 Å². The lowest BCUT2D eigenvalue weighted by Crippen LogP contribution is -2.43. The number of ether oxygens (including phenoxy) is 1. The molecule has 0 bridgehead atoms. The third-order valence-corrected chi connectivity index (χ3v) is 2.97. The maximum atomic E-state index is 5.10. The average molecular weight is 391 g/mol. The number of aryl methyl sites for hydroxylation is 1. The Hall–Kier alpha value is -0.820. The van der Waals surface area contributed by atoms with Crippen LogP contribution in [0, 0.1) is 0 Å². The Labute approximate surface area is 139 Å². The van der Waals surface area contributed by atoms with E-state index in [4.69, 9.17) is 4.74 Å². The molecule has 1 rings (SSSR count). The predicted octanol–water partition coefficient (Wildman–Crippen LogP) is 2.57. The number of nitrogens with zero attached hydrogens (tertiary/aromatic N) is 1. The van der Waals surface area contributed by atoms with Crippen molar-refractivity contribution in [2.75, 3.05) is 20.8 Å². The van der Waals surface area contributed by atoms with Gasteiger partial charge in [-0.25, -0.2) is 0 Å². The molecular formula is C15H26IN3O. The van der Waals surface area contributed by atoms with Crippen molar-refractivity contribution in [1.82, 2.24) is 10.6 Å². The number of hydrogen-bond donors (Lipinski definition) is 2. The Bertz CT molecular complexity index is 410. The molecule has 0 radical (unpaired) electrons. The van der Waals surface area contributed by atoms with E-state index in [0.717, 1.165) is 18.9 Å². The molecule has 0 aliphatic carbocycles. The molecular weight excluding hydrogens is 365 g/mol. The summed E-state index contributed by atoms with van der Waals surface area (Å²) in [6.45, 7) is 5.68. The Kier molecular flexibility index (Phi) is 10.5. The number of methoxy groups -OCH3 is 1. The third-order valence-electron chi connectivity index (χ3n) is 2.97. The van der Waals surface area contributed by atoms with Gasteiger partial charge in [-0.3, -0.25) is 4.99 Å². The van der Waals surface area contributed by atoms with E-state index in [9.17, 15) is 0 Å². The molecule has 0 aliphatic heterocycles. The van der Waals surface area contributed by atoms with Gasteiger partial charge in [0.1, 0.15) is 0 Å². The van der Waals surface area contributed by atoms with Crippen LogP contribution in [0.1, 0.15) is 25.0 Å². The predicted molar refractivity (Wildman–Crippen MR) is 95.9 cm³/mol. The Morgan fingerprint density at radius 1 is 1.30 bits per heavy atom. The molecule has 0 aliphatic rings. The van der Waals surface area contributed by atoms with Gasteiger partial charge in [0.15, 0.2) is 5.96 Å². The van der Waals surface area contributed by atoms with Crippen molar-refractivity contribution >= 4 is 29.9 Å². The summed E-state index contributed by atoms with van der Waals surface area (Å²) in [4.78, 5) is 4.22. The molecule has 0 saturated heterocycles. The van der Waals surface area contributed by atoms with Gasteiger partial charge in [-0.05, 0) is 24.5 Å². The maximum Gasteiger partial charge on any atom is 0.191 e. The van der Waals surface area contributed by atoms with Crippen LogP contribution in [0.4, 0.5) is 0 Å². The molecule has 1 atom stereocenters. The topological polar surface area (TPSA) is 45.7 Å². The van der Waals surface area contributed by atoms with Gasteiger partial charge in [0, 0.05) is 26.7 Å². The van der Waals surface area contributed by atoms with Gasteiger partial charge in [-0.1, -0.05) is 31.2 Å². The SMILES string of the molecule is CCc1ccccc1CNC(=NC)NC(C)COC.I. The van der Waals surface area contributed by atoms with Crippen LogP contribution in [0.2, 0.25) is 0 Å². The zero-order valence-corrected chi connectivity index (χ0v) is 15.1. The van der Waals surface area contributed by atoms with Gasteiger partial charge < -0.3 is 15.4 Å². The fraction of sp³-hybridized carbons (Fsp3) is 0.533. The van der Waals surface area contributed by atoms with Crippen molar-refractivity contribution in [3.63, 3.8) is 0 Å². The van der Waals surface area contributed by atoms with Crippen LogP contribution < -0.4 is 10.6 Å². The van der Waals surface area contributed by atoms with Crippen LogP contribution in [0.5, 0.6) is 0 Å². The van der Waals surface area contributed by atoms with Gasteiger partial charge in [-0.2, -0.15) is 0 Å². The van der Waals surface area contributed by atoms with Gasteiger partial charge in [-0.15, -0.1) is 24.0 Å². The summed E-state index contributed by atoms with van der Waals surface area (Å²) in [6, 6.07) is 8.70. The highest BCUT2D eigenvalue weighted by molar-refractivity contribution is 14.0. The molecule has 0 heterocycles. The zero-order chi connectivity index (χ0) is 14.1. The minimum atomic E-state index is 0. The van der Waals surface area contributed by atoms with Crippen molar-refractivity contribution in [1.29, 1.82) is 0 Å². The van der Waals surface area contributed by atoms with Gasteiger partial charge in [0.05, 0.1) is 6.61 Å².